The Morgan fingerprint density at radius 3 is 2.41 bits per heavy atom. The van der Waals surface area contributed by atoms with Gasteiger partial charge in [0.05, 0.1) is 7.11 Å². The van der Waals surface area contributed by atoms with Gasteiger partial charge in [-0.05, 0) is 19.4 Å². The molecular weight excluding hydrogens is 280 g/mol. The van der Waals surface area contributed by atoms with Crippen LogP contribution in [-0.4, -0.2) is 72.1 Å². The van der Waals surface area contributed by atoms with Gasteiger partial charge in [-0.3, -0.25) is 4.90 Å². The molecule has 122 valence electrons. The molecule has 0 N–H and O–H groups in total. The van der Waals surface area contributed by atoms with Gasteiger partial charge in [-0.1, -0.05) is 6.07 Å². The van der Waals surface area contributed by atoms with Gasteiger partial charge < -0.3 is 14.5 Å². The minimum absolute atomic E-state index is 0.163. The zero-order valence-corrected chi connectivity index (χ0v) is 13.8. The lowest BCUT2D eigenvalue weighted by Crippen LogP contribution is -2.52. The van der Waals surface area contributed by atoms with Gasteiger partial charge >= 0.3 is 6.03 Å². The predicted octanol–water partition coefficient (Wildman–Crippen LogP) is 1.67. The Morgan fingerprint density at radius 1 is 1.23 bits per heavy atom. The molecule has 0 bridgehead atoms. The summed E-state index contributed by atoms with van der Waals surface area (Å²) >= 11 is 0. The number of carbonyl (C=O) groups excluding carboxylic acids is 1. The highest BCUT2D eigenvalue weighted by molar-refractivity contribution is 5.74. The second-order valence-corrected chi connectivity index (χ2v) is 5.43. The molecule has 1 aliphatic rings. The summed E-state index contributed by atoms with van der Waals surface area (Å²) in [4.78, 5) is 22.7. The average Bonchev–Trinajstić information content (AvgIpc) is 2.57. The van der Waals surface area contributed by atoms with Crippen LogP contribution in [0.2, 0.25) is 0 Å². The van der Waals surface area contributed by atoms with Gasteiger partial charge in [-0.25, -0.2) is 9.78 Å². The van der Waals surface area contributed by atoms with Crippen molar-refractivity contribution in [2.75, 3.05) is 46.4 Å². The van der Waals surface area contributed by atoms with E-state index in [0.717, 1.165) is 45.8 Å². The topological polar surface area (TPSA) is 48.9 Å². The molecule has 2 amide bonds. The van der Waals surface area contributed by atoms with E-state index in [1.807, 2.05) is 42.0 Å². The van der Waals surface area contributed by atoms with Gasteiger partial charge in [0.15, 0.2) is 0 Å². The third-order valence-corrected chi connectivity index (χ3v) is 4.09. The van der Waals surface area contributed by atoms with Crippen LogP contribution in [-0.2, 0) is 6.54 Å². The Kier molecular flexibility index (Phi) is 6.00. The molecule has 0 saturated carbocycles. The maximum Gasteiger partial charge on any atom is 0.320 e. The molecule has 6 nitrogen and oxygen atoms in total. The quantitative estimate of drug-likeness (QED) is 0.830. The second kappa shape index (κ2) is 7.98. The molecule has 22 heavy (non-hydrogen) atoms. The van der Waals surface area contributed by atoms with Crippen molar-refractivity contribution in [3.05, 3.63) is 23.9 Å². The number of nitrogens with zero attached hydrogens (tertiary/aromatic N) is 4. The fourth-order valence-electron chi connectivity index (χ4n) is 2.67. The first-order valence-electron chi connectivity index (χ1n) is 7.93. The zero-order valence-electron chi connectivity index (χ0n) is 13.8. The Labute approximate surface area is 132 Å². The van der Waals surface area contributed by atoms with Crippen molar-refractivity contribution in [2.24, 2.45) is 0 Å². The first-order chi connectivity index (χ1) is 10.7. The van der Waals surface area contributed by atoms with Gasteiger partial charge in [-0.2, -0.15) is 0 Å². The van der Waals surface area contributed by atoms with Crippen molar-refractivity contribution in [3.8, 4) is 5.88 Å². The monoisotopic (exact) mass is 306 g/mol. The molecule has 1 saturated heterocycles. The smallest absolute Gasteiger partial charge is 0.320 e. The van der Waals surface area contributed by atoms with E-state index in [0.29, 0.717) is 5.88 Å². The van der Waals surface area contributed by atoms with Crippen LogP contribution >= 0.6 is 0 Å². The van der Waals surface area contributed by atoms with Crippen LogP contribution in [0.15, 0.2) is 18.3 Å². The van der Waals surface area contributed by atoms with E-state index in [2.05, 4.69) is 9.88 Å². The number of methoxy groups -OCH3 is 1. The first-order valence-corrected chi connectivity index (χ1v) is 7.93. The summed E-state index contributed by atoms with van der Waals surface area (Å²) in [7, 11) is 1.62. The molecular formula is C16H26N4O2. The standard InChI is InChI=1S/C16H26N4O2/c1-4-19(5-2)16(21)20-10-8-18(9-11-20)13-14-6-7-15(22-3)17-12-14/h6-7,12H,4-5,8-11,13H2,1-3H3. The largest absolute Gasteiger partial charge is 0.481 e. The molecule has 2 heterocycles. The number of ether oxygens (including phenoxy) is 1. The van der Waals surface area contributed by atoms with Crippen molar-refractivity contribution in [1.82, 2.24) is 19.7 Å². The lowest BCUT2D eigenvalue weighted by atomic mass is 10.2. The number of piperazine rings is 1. The van der Waals surface area contributed by atoms with Crippen LogP contribution in [0, 0.1) is 0 Å². The molecule has 6 heteroatoms. The molecule has 1 aromatic heterocycles. The van der Waals surface area contributed by atoms with Crippen molar-refractivity contribution in [2.45, 2.75) is 20.4 Å². The minimum atomic E-state index is 0.163. The molecule has 2 rings (SSSR count). The molecule has 0 aromatic carbocycles. The number of rotatable bonds is 5. The molecule has 0 unspecified atom stereocenters. The number of carbonyl (C=O) groups is 1. The third-order valence-electron chi connectivity index (χ3n) is 4.09. The number of aromatic nitrogens is 1. The van der Waals surface area contributed by atoms with Crippen LogP contribution < -0.4 is 4.74 Å². The number of pyridine rings is 1. The molecule has 0 atom stereocenters. The molecule has 0 spiro atoms. The lowest BCUT2D eigenvalue weighted by Gasteiger charge is -2.37. The lowest BCUT2D eigenvalue weighted by molar-refractivity contribution is 0.112. The second-order valence-electron chi connectivity index (χ2n) is 5.43. The van der Waals surface area contributed by atoms with Crippen molar-refractivity contribution in [3.63, 3.8) is 0 Å². The summed E-state index contributed by atoms with van der Waals surface area (Å²) in [5.74, 6) is 0.637. The van der Waals surface area contributed by atoms with Crippen molar-refractivity contribution in [1.29, 1.82) is 0 Å². The van der Waals surface area contributed by atoms with Gasteiger partial charge in [0.1, 0.15) is 0 Å². The Bertz CT molecular complexity index is 466. The summed E-state index contributed by atoms with van der Waals surface area (Å²) in [5, 5.41) is 0. The highest BCUT2D eigenvalue weighted by Crippen LogP contribution is 2.12. The fraction of sp³-hybridized carbons (Fsp3) is 0.625. The first kappa shape index (κ1) is 16.5. The third kappa shape index (κ3) is 4.10. The number of hydrogen-bond acceptors (Lipinski definition) is 4. The number of urea groups is 1. The molecule has 1 aromatic rings. The Hall–Kier alpha value is -1.82. The molecule has 0 aliphatic carbocycles. The highest BCUT2D eigenvalue weighted by atomic mass is 16.5. The Morgan fingerprint density at radius 2 is 1.91 bits per heavy atom. The van der Waals surface area contributed by atoms with E-state index in [1.165, 1.54) is 5.56 Å². The fourth-order valence-corrected chi connectivity index (χ4v) is 2.67. The molecule has 0 radical (unpaired) electrons. The number of hydrogen-bond donors (Lipinski definition) is 0. The summed E-state index contributed by atoms with van der Waals surface area (Å²) in [6, 6.07) is 4.09. The summed E-state index contributed by atoms with van der Waals surface area (Å²) < 4.78 is 5.07. The van der Waals surface area contributed by atoms with Gasteiger partial charge in [0.25, 0.3) is 0 Å². The van der Waals surface area contributed by atoms with E-state index in [-0.39, 0.29) is 6.03 Å². The van der Waals surface area contributed by atoms with Gasteiger partial charge in [0, 0.05) is 58.1 Å². The van der Waals surface area contributed by atoms with Crippen molar-refractivity contribution >= 4 is 6.03 Å². The van der Waals surface area contributed by atoms with Crippen LogP contribution in [0.1, 0.15) is 19.4 Å². The van der Waals surface area contributed by atoms with E-state index in [4.69, 9.17) is 4.74 Å². The maximum atomic E-state index is 12.3. The number of amides is 2. The molecule has 1 fully saturated rings. The minimum Gasteiger partial charge on any atom is -0.481 e. The van der Waals surface area contributed by atoms with Crippen LogP contribution in [0.4, 0.5) is 4.79 Å². The Balaban J connectivity index is 1.82. The van der Waals surface area contributed by atoms with E-state index in [1.54, 1.807) is 7.11 Å². The van der Waals surface area contributed by atoms with E-state index in [9.17, 15) is 4.79 Å². The summed E-state index contributed by atoms with van der Waals surface area (Å²) in [5.41, 5.74) is 1.17. The maximum absolute atomic E-state index is 12.3. The van der Waals surface area contributed by atoms with Crippen molar-refractivity contribution < 1.29 is 9.53 Å². The van der Waals surface area contributed by atoms with Gasteiger partial charge in [0.2, 0.25) is 5.88 Å². The van der Waals surface area contributed by atoms with Crippen LogP contribution in [0.25, 0.3) is 0 Å². The van der Waals surface area contributed by atoms with Crippen LogP contribution in [0.3, 0.4) is 0 Å². The average molecular weight is 306 g/mol. The van der Waals surface area contributed by atoms with Gasteiger partial charge in [-0.15, -0.1) is 0 Å². The summed E-state index contributed by atoms with van der Waals surface area (Å²) in [6.45, 7) is 9.84. The SMILES string of the molecule is CCN(CC)C(=O)N1CCN(Cc2ccc(OC)nc2)CC1. The molecule has 1 aliphatic heterocycles. The highest BCUT2D eigenvalue weighted by Gasteiger charge is 2.23. The van der Waals surface area contributed by atoms with E-state index < -0.39 is 0 Å². The van der Waals surface area contributed by atoms with Crippen LogP contribution in [0.5, 0.6) is 5.88 Å². The normalized spacial score (nSPS) is 15.7. The van der Waals surface area contributed by atoms with E-state index >= 15 is 0 Å². The predicted molar refractivity (Wildman–Crippen MR) is 86.0 cm³/mol. The summed E-state index contributed by atoms with van der Waals surface area (Å²) in [6.07, 6.45) is 1.85. The zero-order chi connectivity index (χ0) is 15.9.